The fraction of sp³-hybridized carbons (Fsp3) is 0.159. The van der Waals surface area contributed by atoms with E-state index in [1.807, 2.05) is 18.2 Å². The maximum atomic E-state index is 9.77. The third-order valence-electron chi connectivity index (χ3n) is 15.0. The molecule has 0 bridgehead atoms. The topological polar surface area (TPSA) is 79.5 Å². The van der Waals surface area contributed by atoms with E-state index >= 15 is 0 Å². The molecule has 68 heavy (non-hydrogen) atoms. The van der Waals surface area contributed by atoms with Crippen LogP contribution in [0.4, 0.5) is 17.1 Å². The zero-order valence-electron chi connectivity index (χ0n) is 38.1. The molecule has 5 heteroatoms. The van der Waals surface area contributed by atoms with Crippen LogP contribution in [-0.2, 0) is 5.41 Å². The lowest BCUT2D eigenvalue weighted by Gasteiger charge is -2.42. The zero-order valence-corrected chi connectivity index (χ0v) is 38.1. The first-order chi connectivity index (χ1) is 33.1. The van der Waals surface area contributed by atoms with Crippen molar-refractivity contribution in [1.29, 1.82) is 15.8 Å². The first-order valence-corrected chi connectivity index (χ1v) is 23.4. The summed E-state index contributed by atoms with van der Waals surface area (Å²) in [5.74, 6) is 3.93. The minimum atomic E-state index is -0.333. The summed E-state index contributed by atoms with van der Waals surface area (Å²) in [6, 6.07) is 65.6. The van der Waals surface area contributed by atoms with Crippen molar-refractivity contribution in [2.24, 2.45) is 0 Å². The van der Waals surface area contributed by atoms with E-state index in [4.69, 9.17) is 6.42 Å². The van der Waals surface area contributed by atoms with Crippen molar-refractivity contribution in [2.75, 3.05) is 4.90 Å². The Kier molecular flexibility index (Phi) is 9.31. The number of nitriles is 3. The van der Waals surface area contributed by atoms with Crippen LogP contribution in [0.5, 0.6) is 0 Å². The number of hydrogen-bond acceptors (Lipinski definition) is 4. The minimum absolute atomic E-state index is 0.252. The molecule has 4 atom stereocenters. The molecule has 2 saturated carbocycles. The number of hydrogen-bond donors (Lipinski definition) is 0. The number of para-hydroxylation sites is 1. The molecule has 5 nitrogen and oxygen atoms in total. The highest BCUT2D eigenvalue weighted by molar-refractivity contribution is 6.10. The molecular formula is C63H45N5. The number of fused-ring (bicyclic) bond motifs is 5. The number of anilines is 3. The molecule has 3 aliphatic rings. The van der Waals surface area contributed by atoms with Crippen molar-refractivity contribution < 1.29 is 0 Å². The van der Waals surface area contributed by atoms with E-state index in [1.165, 1.54) is 55.2 Å². The maximum absolute atomic E-state index is 9.77. The predicted octanol–water partition coefficient (Wildman–Crippen LogP) is 15.0. The van der Waals surface area contributed by atoms with Gasteiger partial charge in [0, 0.05) is 33.1 Å². The predicted molar refractivity (Wildman–Crippen MR) is 273 cm³/mol. The van der Waals surface area contributed by atoms with E-state index in [0.717, 1.165) is 57.8 Å². The van der Waals surface area contributed by atoms with Crippen LogP contribution in [0, 0.1) is 53.3 Å². The summed E-state index contributed by atoms with van der Waals surface area (Å²) >= 11 is 0. The number of rotatable bonds is 7. The Morgan fingerprint density at radius 1 is 0.485 bits per heavy atom. The molecule has 322 valence electrons. The highest BCUT2D eigenvalue weighted by atomic mass is 15.2. The van der Waals surface area contributed by atoms with Gasteiger partial charge in [0.25, 0.3) is 0 Å². The van der Waals surface area contributed by atoms with Gasteiger partial charge in [-0.15, -0.1) is 6.42 Å². The zero-order chi connectivity index (χ0) is 46.4. The monoisotopic (exact) mass is 871 g/mol. The molecule has 2 fully saturated rings. The van der Waals surface area contributed by atoms with Gasteiger partial charge in [-0.2, -0.15) is 15.8 Å². The van der Waals surface area contributed by atoms with Crippen LogP contribution in [0.15, 0.2) is 164 Å². The molecule has 4 unspecified atom stereocenters. The van der Waals surface area contributed by atoms with Gasteiger partial charge < -0.3 is 9.47 Å². The van der Waals surface area contributed by atoms with Crippen LogP contribution in [0.1, 0.15) is 112 Å². The number of terminal acetylenes is 1. The molecule has 0 radical (unpaired) electrons. The van der Waals surface area contributed by atoms with Crippen molar-refractivity contribution >= 4 is 38.9 Å². The van der Waals surface area contributed by atoms with Gasteiger partial charge in [0.15, 0.2) is 0 Å². The van der Waals surface area contributed by atoms with Gasteiger partial charge in [0.05, 0.1) is 57.3 Å². The van der Waals surface area contributed by atoms with Crippen molar-refractivity contribution in [3.63, 3.8) is 0 Å². The highest BCUT2D eigenvalue weighted by Crippen LogP contribution is 2.60. The van der Waals surface area contributed by atoms with E-state index in [9.17, 15) is 15.8 Å². The molecule has 8 aromatic carbocycles. The number of nitrogens with zero attached hydrogens (tertiary/aromatic N) is 5. The third kappa shape index (κ3) is 6.67. The largest absolute Gasteiger partial charge is 0.310 e. The Morgan fingerprint density at radius 3 is 1.54 bits per heavy atom. The quantitative estimate of drug-likeness (QED) is 0.149. The van der Waals surface area contributed by atoms with Gasteiger partial charge in [0.1, 0.15) is 0 Å². The van der Waals surface area contributed by atoms with Gasteiger partial charge in [-0.1, -0.05) is 92.1 Å². The van der Waals surface area contributed by atoms with Crippen molar-refractivity contribution in [3.8, 4) is 47.4 Å². The summed E-state index contributed by atoms with van der Waals surface area (Å²) in [5, 5.41) is 31.7. The SMILES string of the molecule is C#Cc1cc(C#N)cc(C2CC2c2ccc3c(c2)C(C)(C)c2cc(C4CC4c4cc(C#N)cc(C#N)c4)ccc2N3c2ccc(-c3ccc4c(c3)c3cc(C)ccc3n4-c3ccccc3)cc2)c1. The molecule has 0 N–H and O–H groups in total. The summed E-state index contributed by atoms with van der Waals surface area (Å²) in [4.78, 5) is 2.44. The Bertz CT molecular complexity index is 3540. The average molecular weight is 872 g/mol. The van der Waals surface area contributed by atoms with Gasteiger partial charge >= 0.3 is 0 Å². The average Bonchev–Trinajstić information content (AvgIpc) is 4.33. The Hall–Kier alpha value is -8.61. The van der Waals surface area contributed by atoms with Crippen LogP contribution in [0.25, 0.3) is 38.6 Å². The van der Waals surface area contributed by atoms with E-state index in [1.54, 1.807) is 12.1 Å². The molecule has 1 aromatic heterocycles. The van der Waals surface area contributed by atoms with Crippen LogP contribution in [0.3, 0.4) is 0 Å². The summed E-state index contributed by atoms with van der Waals surface area (Å²) in [6.07, 6.45) is 7.80. The standard InChI is InChI=1S/C63H45N5/c1-5-39-24-40(35-64)27-47(26-39)53-33-51(53)45-15-21-61-57(31-45)63(3,4)58-32-46(52-34-54(52)48-28-41(36-65)25-42(29-48)37-66)16-22-62(58)68(61)50-17-12-43(13-18-50)44-14-20-60-56(30-44)55-23-38(2)11-19-59(55)67(60)49-9-7-6-8-10-49/h1,6-32,51-54H,33-34H2,2-4H3. The van der Waals surface area contributed by atoms with Crippen molar-refractivity contribution in [2.45, 2.75) is 62.7 Å². The van der Waals surface area contributed by atoms with Gasteiger partial charge in [-0.3, -0.25) is 0 Å². The molecule has 1 aliphatic heterocycles. The molecule has 12 rings (SSSR count). The fourth-order valence-electron chi connectivity index (χ4n) is 11.4. The van der Waals surface area contributed by atoms with Crippen LogP contribution >= 0.6 is 0 Å². The van der Waals surface area contributed by atoms with Crippen LogP contribution < -0.4 is 4.90 Å². The molecular weight excluding hydrogens is 827 g/mol. The Balaban J connectivity index is 0.940. The first kappa shape index (κ1) is 40.9. The molecule has 0 saturated heterocycles. The third-order valence-corrected chi connectivity index (χ3v) is 15.0. The molecule has 0 spiro atoms. The second-order valence-electron chi connectivity index (χ2n) is 19.5. The lowest BCUT2D eigenvalue weighted by atomic mass is 9.72. The van der Waals surface area contributed by atoms with Gasteiger partial charge in [-0.05, 0) is 185 Å². The highest BCUT2D eigenvalue weighted by Gasteiger charge is 2.45. The molecule has 9 aromatic rings. The van der Waals surface area contributed by atoms with Gasteiger partial charge in [-0.25, -0.2) is 0 Å². The number of aromatic nitrogens is 1. The first-order valence-electron chi connectivity index (χ1n) is 23.4. The second-order valence-corrected chi connectivity index (χ2v) is 19.5. The van der Waals surface area contributed by atoms with E-state index in [-0.39, 0.29) is 11.3 Å². The summed E-state index contributed by atoms with van der Waals surface area (Å²) in [5.41, 5.74) is 19.9. The number of benzene rings is 8. The van der Waals surface area contributed by atoms with Crippen LogP contribution in [0.2, 0.25) is 0 Å². The van der Waals surface area contributed by atoms with Crippen molar-refractivity contribution in [3.05, 3.63) is 225 Å². The lowest BCUT2D eigenvalue weighted by molar-refractivity contribution is 0.629. The molecule has 2 heterocycles. The summed E-state index contributed by atoms with van der Waals surface area (Å²) < 4.78 is 2.37. The molecule has 0 amide bonds. The Labute approximate surface area is 397 Å². The summed E-state index contributed by atoms with van der Waals surface area (Å²) in [7, 11) is 0. The number of aryl methyl sites for hydroxylation is 1. The van der Waals surface area contributed by atoms with E-state index < -0.39 is 0 Å². The van der Waals surface area contributed by atoms with Crippen LogP contribution in [-0.4, -0.2) is 4.57 Å². The van der Waals surface area contributed by atoms with E-state index in [0.29, 0.717) is 34.4 Å². The normalized spacial score (nSPS) is 18.4. The fourth-order valence-corrected chi connectivity index (χ4v) is 11.4. The maximum Gasteiger partial charge on any atom is 0.0992 e. The van der Waals surface area contributed by atoms with Gasteiger partial charge in [0.2, 0.25) is 0 Å². The van der Waals surface area contributed by atoms with E-state index in [2.05, 4.69) is 188 Å². The molecule has 2 aliphatic carbocycles. The smallest absolute Gasteiger partial charge is 0.0992 e. The summed E-state index contributed by atoms with van der Waals surface area (Å²) in [6.45, 7) is 6.87. The Morgan fingerprint density at radius 2 is 0.985 bits per heavy atom. The van der Waals surface area contributed by atoms with Crippen molar-refractivity contribution in [1.82, 2.24) is 4.57 Å². The lowest BCUT2D eigenvalue weighted by Crippen LogP contribution is -2.31. The minimum Gasteiger partial charge on any atom is -0.310 e. The second kappa shape index (κ2) is 15.5.